The monoisotopic (exact) mass is 592 g/mol. The normalized spacial score (nSPS) is 19.9. The number of hydrogen-bond acceptors (Lipinski definition) is 7. The molecule has 43 heavy (non-hydrogen) atoms. The second-order valence-electron chi connectivity index (χ2n) is 12.4. The zero-order valence-corrected chi connectivity index (χ0v) is 25.6. The Morgan fingerprint density at radius 1 is 1.12 bits per heavy atom. The Balaban J connectivity index is 1.31. The van der Waals surface area contributed by atoms with Gasteiger partial charge in [-0.2, -0.15) is 0 Å². The third-order valence-corrected chi connectivity index (χ3v) is 8.41. The maximum absolute atomic E-state index is 13.0. The Morgan fingerprint density at radius 3 is 2.35 bits per heavy atom. The van der Waals surface area contributed by atoms with E-state index >= 15 is 0 Å². The number of carbonyl (C=O) groups is 2. The Hall–Kier alpha value is -3.76. The average molecular weight is 593 g/mol. The summed E-state index contributed by atoms with van der Waals surface area (Å²) in [5, 5.41) is 10.9. The van der Waals surface area contributed by atoms with E-state index in [2.05, 4.69) is 23.6 Å². The highest BCUT2D eigenvalue weighted by molar-refractivity contribution is 5.81. The van der Waals surface area contributed by atoms with Crippen molar-refractivity contribution in [2.45, 2.75) is 64.7 Å². The first-order chi connectivity index (χ1) is 20.5. The van der Waals surface area contributed by atoms with Gasteiger partial charge < -0.3 is 24.2 Å². The summed E-state index contributed by atoms with van der Waals surface area (Å²) in [7, 11) is 0. The van der Waals surface area contributed by atoms with E-state index in [0.717, 1.165) is 50.9 Å². The van der Waals surface area contributed by atoms with Gasteiger partial charge in [-0.3, -0.25) is 14.9 Å². The predicted octanol–water partition coefficient (Wildman–Crippen LogP) is 5.72. The molecule has 0 aliphatic carbocycles. The maximum atomic E-state index is 13.0. The first kappa shape index (κ1) is 32.2. The van der Waals surface area contributed by atoms with Crippen molar-refractivity contribution >= 4 is 17.7 Å². The number of nitro benzene ring substituents is 1. The number of rotatable bonds is 10. The molecule has 0 spiro atoms. The van der Waals surface area contributed by atoms with E-state index in [-0.39, 0.29) is 31.0 Å². The number of carbonyl (C=O) groups excluding carboxylic acids is 2. The van der Waals surface area contributed by atoms with Gasteiger partial charge in [-0.25, -0.2) is 4.79 Å². The smallest absolute Gasteiger partial charge is 0.410 e. The fourth-order valence-electron chi connectivity index (χ4n) is 5.85. The number of ether oxygens (including phenoxy) is 2. The Morgan fingerprint density at radius 2 is 1.79 bits per heavy atom. The van der Waals surface area contributed by atoms with Crippen LogP contribution >= 0.6 is 0 Å². The van der Waals surface area contributed by atoms with E-state index in [4.69, 9.17) is 9.47 Å². The molecule has 0 saturated carbocycles. The van der Waals surface area contributed by atoms with Crippen LogP contribution in [0.4, 0.5) is 10.5 Å². The first-order valence-corrected chi connectivity index (χ1v) is 15.0. The molecule has 2 aromatic carbocycles. The van der Waals surface area contributed by atoms with Gasteiger partial charge in [0, 0.05) is 56.3 Å². The van der Waals surface area contributed by atoms with Crippen LogP contribution in [0.15, 0.2) is 67.3 Å². The third kappa shape index (κ3) is 8.20. The summed E-state index contributed by atoms with van der Waals surface area (Å²) in [6, 6.07) is 16.3. The van der Waals surface area contributed by atoms with Crippen molar-refractivity contribution in [1.82, 2.24) is 14.7 Å². The van der Waals surface area contributed by atoms with Crippen LogP contribution in [0.5, 0.6) is 0 Å². The Labute approximate surface area is 254 Å². The summed E-state index contributed by atoms with van der Waals surface area (Å²) in [6.45, 7) is 13.5. The molecule has 10 nitrogen and oxygen atoms in total. The summed E-state index contributed by atoms with van der Waals surface area (Å²) in [6.07, 6.45) is 4.47. The maximum Gasteiger partial charge on any atom is 0.410 e. The standard InChI is InChI=1S/C33H44N4O6/c1-5-19-36(31(39)42-24-26-11-13-29(14-12-26)37(40)41)28-15-20-34(21-16-28)22-17-33(27-9-7-6-8-10-27)18-23-35(25-43-33)30(38)32(2,3)4/h5-14,28H,1,15-25H2,2-4H3. The van der Waals surface area contributed by atoms with Crippen LogP contribution in [0, 0.1) is 15.5 Å². The molecule has 4 rings (SSSR count). The van der Waals surface area contributed by atoms with Gasteiger partial charge in [0.2, 0.25) is 5.91 Å². The van der Waals surface area contributed by atoms with Crippen LogP contribution in [0.2, 0.25) is 0 Å². The van der Waals surface area contributed by atoms with Crippen molar-refractivity contribution in [1.29, 1.82) is 0 Å². The molecule has 1 atom stereocenters. The average Bonchev–Trinajstić information content (AvgIpc) is 3.02. The highest BCUT2D eigenvalue weighted by Crippen LogP contribution is 2.38. The zero-order chi connectivity index (χ0) is 31.0. The predicted molar refractivity (Wildman–Crippen MR) is 164 cm³/mol. The molecule has 1 unspecified atom stereocenters. The molecule has 2 amide bonds. The largest absolute Gasteiger partial charge is 0.445 e. The van der Waals surface area contributed by atoms with Gasteiger partial charge in [-0.1, -0.05) is 57.2 Å². The van der Waals surface area contributed by atoms with Crippen molar-refractivity contribution in [2.24, 2.45) is 5.41 Å². The molecule has 2 aliphatic rings. The number of amides is 2. The van der Waals surface area contributed by atoms with E-state index < -0.39 is 22.0 Å². The van der Waals surface area contributed by atoms with Crippen molar-refractivity contribution in [3.8, 4) is 0 Å². The van der Waals surface area contributed by atoms with Gasteiger partial charge in [0.25, 0.3) is 5.69 Å². The van der Waals surface area contributed by atoms with Gasteiger partial charge in [-0.05, 0) is 48.9 Å². The number of likely N-dealkylation sites (tertiary alicyclic amines) is 1. The Kier molecular flexibility index (Phi) is 10.6. The lowest BCUT2D eigenvalue weighted by atomic mass is 9.85. The number of non-ortho nitro benzene ring substituents is 1. The first-order valence-electron chi connectivity index (χ1n) is 15.0. The second kappa shape index (κ2) is 14.1. The van der Waals surface area contributed by atoms with Gasteiger partial charge in [0.05, 0.1) is 10.5 Å². The molecule has 0 bridgehead atoms. The summed E-state index contributed by atoms with van der Waals surface area (Å²) in [5.41, 5.74) is 0.925. The van der Waals surface area contributed by atoms with Gasteiger partial charge >= 0.3 is 6.09 Å². The summed E-state index contributed by atoms with van der Waals surface area (Å²) in [4.78, 5) is 42.3. The van der Waals surface area contributed by atoms with E-state index in [1.54, 1.807) is 23.1 Å². The van der Waals surface area contributed by atoms with Crippen molar-refractivity contribution in [3.63, 3.8) is 0 Å². The van der Waals surface area contributed by atoms with E-state index in [1.807, 2.05) is 43.9 Å². The lowest BCUT2D eigenvalue weighted by Gasteiger charge is -2.45. The SMILES string of the molecule is C=CCN(C(=O)OCc1ccc([N+](=O)[O-])cc1)C1CCN(CCC2(c3ccccc3)CCN(C(=O)C(C)(C)C)CO2)CC1. The summed E-state index contributed by atoms with van der Waals surface area (Å²) >= 11 is 0. The second-order valence-corrected chi connectivity index (χ2v) is 12.4. The minimum absolute atomic E-state index is 0.00234. The zero-order valence-electron chi connectivity index (χ0n) is 25.6. The van der Waals surface area contributed by atoms with Crippen LogP contribution in [0.25, 0.3) is 0 Å². The van der Waals surface area contributed by atoms with Crippen LogP contribution in [0.1, 0.15) is 57.6 Å². The highest BCUT2D eigenvalue weighted by Gasteiger charge is 2.41. The van der Waals surface area contributed by atoms with E-state index in [9.17, 15) is 19.7 Å². The number of nitro groups is 1. The fourth-order valence-corrected chi connectivity index (χ4v) is 5.85. The molecular formula is C33H44N4O6. The quantitative estimate of drug-likeness (QED) is 0.197. The number of hydrogen-bond donors (Lipinski definition) is 0. The molecule has 10 heteroatoms. The molecule has 0 aromatic heterocycles. The third-order valence-electron chi connectivity index (χ3n) is 8.41. The summed E-state index contributed by atoms with van der Waals surface area (Å²) < 4.78 is 12.1. The van der Waals surface area contributed by atoms with Crippen LogP contribution in [0.3, 0.4) is 0 Å². The molecule has 0 N–H and O–H groups in total. The van der Waals surface area contributed by atoms with Crippen molar-refractivity contribution in [2.75, 3.05) is 39.5 Å². The number of benzene rings is 2. The molecule has 232 valence electrons. The van der Waals surface area contributed by atoms with Gasteiger partial charge in [0.15, 0.2) is 0 Å². The van der Waals surface area contributed by atoms with Crippen LogP contribution in [-0.2, 0) is 26.5 Å². The minimum atomic E-state index is -0.457. The fraction of sp³-hybridized carbons (Fsp3) is 0.515. The molecule has 2 heterocycles. The topological polar surface area (TPSA) is 105 Å². The molecule has 0 radical (unpaired) electrons. The Bertz CT molecular complexity index is 1240. The lowest BCUT2D eigenvalue weighted by molar-refractivity contribution is -0.384. The minimum Gasteiger partial charge on any atom is -0.445 e. The van der Waals surface area contributed by atoms with Crippen LogP contribution < -0.4 is 0 Å². The number of nitrogens with zero attached hydrogens (tertiary/aromatic N) is 4. The molecule has 2 fully saturated rings. The molecule has 2 aromatic rings. The van der Waals surface area contributed by atoms with Gasteiger partial charge in [0.1, 0.15) is 13.3 Å². The number of piperidine rings is 1. The van der Waals surface area contributed by atoms with Crippen molar-refractivity contribution in [3.05, 3.63) is 88.5 Å². The van der Waals surface area contributed by atoms with E-state index in [1.165, 1.54) is 12.1 Å². The highest BCUT2D eigenvalue weighted by atomic mass is 16.6. The molecule has 2 saturated heterocycles. The van der Waals surface area contributed by atoms with Gasteiger partial charge in [-0.15, -0.1) is 6.58 Å². The van der Waals surface area contributed by atoms with E-state index in [0.29, 0.717) is 18.7 Å². The van der Waals surface area contributed by atoms with Crippen LogP contribution in [-0.4, -0.2) is 77.1 Å². The molecule has 2 aliphatic heterocycles. The lowest BCUT2D eigenvalue weighted by Crippen LogP contribution is -2.52. The summed E-state index contributed by atoms with van der Waals surface area (Å²) in [5.74, 6) is 0.103. The molecular weight excluding hydrogens is 548 g/mol. The van der Waals surface area contributed by atoms with Crippen molar-refractivity contribution < 1.29 is 24.0 Å².